The first-order valence-corrected chi connectivity index (χ1v) is 8.93. The Morgan fingerprint density at radius 2 is 1.83 bits per heavy atom. The first-order chi connectivity index (χ1) is 11.8. The molecule has 24 heavy (non-hydrogen) atoms. The topological polar surface area (TPSA) is 42.1 Å². The Morgan fingerprint density at radius 1 is 1.00 bits per heavy atom. The maximum atomic E-state index is 11.6. The van der Waals surface area contributed by atoms with E-state index in [1.165, 1.54) is 27.4 Å². The number of hydrogen-bond acceptors (Lipinski definition) is 2. The zero-order valence-corrected chi connectivity index (χ0v) is 14.3. The van der Waals surface area contributed by atoms with E-state index in [1.54, 1.807) is 0 Å². The van der Waals surface area contributed by atoms with Gasteiger partial charge in [0.05, 0.1) is 6.61 Å². The fraction of sp³-hybridized carbons (Fsp3) is 0.381. The highest BCUT2D eigenvalue weighted by Gasteiger charge is 2.08. The molecular formula is C21H25NO2. The summed E-state index contributed by atoms with van der Waals surface area (Å²) in [7, 11) is 0. The first kappa shape index (κ1) is 16.6. The molecule has 0 radical (unpaired) electrons. The van der Waals surface area contributed by atoms with Crippen molar-refractivity contribution >= 4 is 27.8 Å². The van der Waals surface area contributed by atoms with Crippen LogP contribution in [-0.4, -0.2) is 17.6 Å². The molecule has 1 aromatic heterocycles. The van der Waals surface area contributed by atoms with Crippen molar-refractivity contribution in [2.75, 3.05) is 6.61 Å². The zero-order chi connectivity index (χ0) is 16.8. The van der Waals surface area contributed by atoms with Crippen molar-refractivity contribution in [1.82, 2.24) is 4.98 Å². The van der Waals surface area contributed by atoms with Crippen molar-refractivity contribution in [2.45, 2.75) is 45.4 Å². The number of unbranched alkanes of at least 4 members (excludes halogenated alkanes) is 2. The largest absolute Gasteiger partial charge is 0.466 e. The van der Waals surface area contributed by atoms with Crippen LogP contribution < -0.4 is 0 Å². The van der Waals surface area contributed by atoms with Crippen molar-refractivity contribution in [3.63, 3.8) is 0 Å². The highest BCUT2D eigenvalue weighted by molar-refractivity contribution is 6.08. The van der Waals surface area contributed by atoms with E-state index in [4.69, 9.17) is 4.74 Å². The lowest BCUT2D eigenvalue weighted by molar-refractivity contribution is -0.143. The number of para-hydroxylation sites is 2. The van der Waals surface area contributed by atoms with Gasteiger partial charge in [-0.2, -0.15) is 0 Å². The number of aromatic amines is 1. The van der Waals surface area contributed by atoms with Crippen LogP contribution in [0.1, 0.15) is 44.6 Å². The second kappa shape index (κ2) is 8.00. The number of ether oxygens (including phenoxy) is 1. The van der Waals surface area contributed by atoms with Gasteiger partial charge in [0.15, 0.2) is 0 Å². The predicted octanol–water partition coefficient (Wildman–Crippen LogP) is 5.38. The van der Waals surface area contributed by atoms with Crippen LogP contribution in [0.3, 0.4) is 0 Å². The number of nitrogens with one attached hydrogen (secondary N) is 1. The van der Waals surface area contributed by atoms with Gasteiger partial charge < -0.3 is 9.72 Å². The number of carbonyl (C=O) groups is 1. The number of aromatic nitrogens is 1. The molecule has 0 saturated heterocycles. The highest BCUT2D eigenvalue weighted by Crippen LogP contribution is 2.28. The molecule has 0 aliphatic carbocycles. The Balaban J connectivity index is 1.59. The first-order valence-electron chi connectivity index (χ1n) is 8.93. The lowest BCUT2D eigenvalue weighted by Gasteiger charge is -2.05. The molecular weight excluding hydrogens is 298 g/mol. The van der Waals surface area contributed by atoms with Gasteiger partial charge in [-0.15, -0.1) is 0 Å². The molecule has 0 atom stereocenters. The Morgan fingerprint density at radius 3 is 2.71 bits per heavy atom. The van der Waals surface area contributed by atoms with Gasteiger partial charge in [0.2, 0.25) is 0 Å². The molecule has 3 rings (SSSR count). The summed E-state index contributed by atoms with van der Waals surface area (Å²) in [6.07, 6.45) is 5.38. The summed E-state index contributed by atoms with van der Waals surface area (Å²) in [6.45, 7) is 2.65. The normalized spacial score (nSPS) is 11.2. The Kier molecular flexibility index (Phi) is 5.52. The zero-order valence-electron chi connectivity index (χ0n) is 14.3. The molecule has 1 heterocycles. The van der Waals surface area contributed by atoms with E-state index in [9.17, 15) is 4.79 Å². The molecule has 3 heteroatoms. The Hall–Kier alpha value is -2.29. The number of esters is 1. The van der Waals surface area contributed by atoms with E-state index in [0.29, 0.717) is 13.0 Å². The summed E-state index contributed by atoms with van der Waals surface area (Å²) in [6, 6.07) is 14.9. The monoisotopic (exact) mass is 323 g/mol. The lowest BCUT2D eigenvalue weighted by atomic mass is 10.0. The van der Waals surface area contributed by atoms with E-state index in [1.807, 2.05) is 0 Å². The summed E-state index contributed by atoms with van der Waals surface area (Å²) >= 11 is 0. The lowest BCUT2D eigenvalue weighted by Crippen LogP contribution is -2.05. The molecule has 0 spiro atoms. The molecule has 126 valence electrons. The molecule has 0 saturated carbocycles. The third-order valence-corrected chi connectivity index (χ3v) is 4.47. The standard InChI is InChI=1S/C21H25NO2/c1-2-3-15-24-20(23)14-7-4-9-16-10-8-12-18-17-11-5-6-13-19(17)22-21(16)18/h5-6,8,10-13,22H,2-4,7,9,14-15H2,1H3. The number of fused-ring (bicyclic) bond motifs is 3. The summed E-state index contributed by atoms with van der Waals surface area (Å²) in [4.78, 5) is 15.2. The van der Waals surface area contributed by atoms with Gasteiger partial charge in [0.1, 0.15) is 0 Å². The van der Waals surface area contributed by atoms with Crippen LogP contribution in [0.2, 0.25) is 0 Å². The number of hydrogen-bond donors (Lipinski definition) is 1. The van der Waals surface area contributed by atoms with Gasteiger partial charge in [0.25, 0.3) is 0 Å². The maximum Gasteiger partial charge on any atom is 0.305 e. The van der Waals surface area contributed by atoms with Crippen molar-refractivity contribution in [3.05, 3.63) is 48.0 Å². The minimum Gasteiger partial charge on any atom is -0.466 e. The average molecular weight is 323 g/mol. The molecule has 0 aliphatic rings. The second-order valence-corrected chi connectivity index (χ2v) is 6.29. The third-order valence-electron chi connectivity index (χ3n) is 4.47. The Bertz CT molecular complexity index is 819. The van der Waals surface area contributed by atoms with Crippen LogP contribution >= 0.6 is 0 Å². The maximum absolute atomic E-state index is 11.6. The molecule has 1 N–H and O–H groups in total. The van der Waals surface area contributed by atoms with Gasteiger partial charge >= 0.3 is 5.97 Å². The summed E-state index contributed by atoms with van der Waals surface area (Å²) in [5.41, 5.74) is 3.73. The second-order valence-electron chi connectivity index (χ2n) is 6.29. The van der Waals surface area contributed by atoms with Crippen molar-refractivity contribution in [2.24, 2.45) is 0 Å². The summed E-state index contributed by atoms with van der Waals surface area (Å²) in [5, 5.41) is 2.55. The number of benzene rings is 2. The molecule has 0 bridgehead atoms. The van der Waals surface area contributed by atoms with E-state index >= 15 is 0 Å². The number of aryl methyl sites for hydroxylation is 1. The van der Waals surface area contributed by atoms with Crippen LogP contribution in [0.4, 0.5) is 0 Å². The highest BCUT2D eigenvalue weighted by atomic mass is 16.5. The summed E-state index contributed by atoms with van der Waals surface area (Å²) in [5.74, 6) is -0.0627. The van der Waals surface area contributed by atoms with Gasteiger partial charge in [-0.3, -0.25) is 4.79 Å². The quantitative estimate of drug-likeness (QED) is 0.447. The molecule has 3 nitrogen and oxygen atoms in total. The fourth-order valence-electron chi connectivity index (χ4n) is 3.13. The minimum atomic E-state index is -0.0627. The van der Waals surface area contributed by atoms with Gasteiger partial charge in [-0.1, -0.05) is 49.7 Å². The van der Waals surface area contributed by atoms with E-state index in [-0.39, 0.29) is 5.97 Å². The van der Waals surface area contributed by atoms with Crippen molar-refractivity contribution in [1.29, 1.82) is 0 Å². The number of H-pyrrole nitrogens is 1. The molecule has 0 unspecified atom stereocenters. The van der Waals surface area contributed by atoms with E-state index in [2.05, 4.69) is 54.4 Å². The van der Waals surface area contributed by atoms with Gasteiger partial charge in [0, 0.05) is 28.2 Å². The smallest absolute Gasteiger partial charge is 0.305 e. The van der Waals surface area contributed by atoms with Gasteiger partial charge in [-0.25, -0.2) is 0 Å². The van der Waals surface area contributed by atoms with Crippen LogP contribution in [0, 0.1) is 0 Å². The van der Waals surface area contributed by atoms with Crippen molar-refractivity contribution in [3.8, 4) is 0 Å². The third kappa shape index (κ3) is 3.78. The average Bonchev–Trinajstić information content (AvgIpc) is 2.98. The van der Waals surface area contributed by atoms with Crippen LogP contribution in [0.25, 0.3) is 21.8 Å². The molecule has 0 aliphatic heterocycles. The molecule has 3 aromatic rings. The molecule has 0 amide bonds. The minimum absolute atomic E-state index is 0.0627. The summed E-state index contributed by atoms with van der Waals surface area (Å²) < 4.78 is 5.20. The number of rotatable bonds is 8. The van der Waals surface area contributed by atoms with Gasteiger partial charge in [-0.05, 0) is 37.3 Å². The number of carbonyl (C=O) groups excluding carboxylic acids is 1. The Labute approximate surface area is 143 Å². The van der Waals surface area contributed by atoms with E-state index < -0.39 is 0 Å². The van der Waals surface area contributed by atoms with Crippen LogP contribution in [0.15, 0.2) is 42.5 Å². The van der Waals surface area contributed by atoms with Crippen LogP contribution in [-0.2, 0) is 16.0 Å². The molecule has 0 fully saturated rings. The molecule has 2 aromatic carbocycles. The predicted molar refractivity (Wildman–Crippen MR) is 99.2 cm³/mol. The fourth-order valence-corrected chi connectivity index (χ4v) is 3.13. The van der Waals surface area contributed by atoms with E-state index in [0.717, 1.165) is 32.1 Å². The van der Waals surface area contributed by atoms with Crippen LogP contribution in [0.5, 0.6) is 0 Å². The SMILES string of the molecule is CCCCOC(=O)CCCCc1cccc2c1[nH]c1ccccc12. The van der Waals surface area contributed by atoms with Crippen molar-refractivity contribution < 1.29 is 9.53 Å².